The molecular weight excluding hydrogens is 454 g/mol. The molecule has 0 spiro atoms. The zero-order valence-corrected chi connectivity index (χ0v) is 20.3. The molecule has 0 saturated heterocycles. The summed E-state index contributed by atoms with van der Waals surface area (Å²) >= 11 is 1.53. The summed E-state index contributed by atoms with van der Waals surface area (Å²) in [6.07, 6.45) is 0.684. The van der Waals surface area contributed by atoms with Gasteiger partial charge in [0.05, 0.1) is 12.1 Å². The molecule has 5 atom stereocenters. The van der Waals surface area contributed by atoms with Gasteiger partial charge in [0.15, 0.2) is 6.04 Å². The second-order valence-corrected chi connectivity index (χ2v) is 9.20. The molecule has 12 nitrogen and oxygen atoms in total. The minimum absolute atomic E-state index is 0.00740. The second kappa shape index (κ2) is 15.5. The highest BCUT2D eigenvalue weighted by Crippen LogP contribution is 2.08. The Kier molecular flexibility index (Phi) is 14.3. The fourth-order valence-electron chi connectivity index (χ4n) is 2.83. The van der Waals surface area contributed by atoms with Gasteiger partial charge in [-0.2, -0.15) is 11.8 Å². The molecule has 33 heavy (non-hydrogen) atoms. The minimum Gasteiger partial charge on any atom is -0.480 e. The molecule has 0 rings (SSSR count). The molecule has 0 aromatic carbocycles. The highest BCUT2D eigenvalue weighted by atomic mass is 32.2. The number of amides is 4. The van der Waals surface area contributed by atoms with Crippen molar-refractivity contribution in [1.82, 2.24) is 16.0 Å². The highest BCUT2D eigenvalue weighted by Gasteiger charge is 2.32. The van der Waals surface area contributed by atoms with E-state index >= 15 is 0 Å². The first-order chi connectivity index (χ1) is 15.3. The maximum Gasteiger partial charge on any atom is 0.328 e. The minimum atomic E-state index is -1.62. The molecule has 0 saturated carbocycles. The van der Waals surface area contributed by atoms with Crippen LogP contribution in [0, 0.1) is 5.92 Å². The van der Waals surface area contributed by atoms with Crippen LogP contribution in [0.4, 0.5) is 0 Å². The number of hydrogen-bond acceptors (Lipinski definition) is 8. The number of aliphatic hydroxyl groups is 1. The summed E-state index contributed by atoms with van der Waals surface area (Å²) in [6, 6.07) is -4.75. The number of rotatable bonds is 16. The van der Waals surface area contributed by atoms with Crippen LogP contribution in [0.15, 0.2) is 0 Å². The summed E-state index contributed by atoms with van der Waals surface area (Å²) in [5.74, 6) is -3.64. The number of aliphatic hydroxyl groups excluding tert-OH is 1. The molecular formula is C20H37N5O7S. The Morgan fingerprint density at radius 2 is 1.45 bits per heavy atom. The number of nitrogens with one attached hydrogen (secondary N) is 3. The fourth-order valence-corrected chi connectivity index (χ4v) is 3.32. The van der Waals surface area contributed by atoms with Gasteiger partial charge in [0, 0.05) is 6.42 Å². The van der Waals surface area contributed by atoms with Crippen LogP contribution in [0.1, 0.15) is 46.5 Å². The van der Waals surface area contributed by atoms with E-state index < -0.39 is 59.9 Å². The Morgan fingerprint density at radius 1 is 0.909 bits per heavy atom. The van der Waals surface area contributed by atoms with Gasteiger partial charge < -0.3 is 37.6 Å². The summed E-state index contributed by atoms with van der Waals surface area (Å²) in [5.41, 5.74) is 11.0. The number of hydrogen-bond donors (Lipinski definition) is 7. The van der Waals surface area contributed by atoms with E-state index in [0.717, 1.165) is 0 Å². The Balaban J connectivity index is 5.52. The van der Waals surface area contributed by atoms with Gasteiger partial charge in [-0.05, 0) is 44.1 Å². The highest BCUT2D eigenvalue weighted by molar-refractivity contribution is 7.98. The van der Waals surface area contributed by atoms with Crippen LogP contribution in [-0.2, 0) is 24.0 Å². The zero-order chi connectivity index (χ0) is 25.7. The van der Waals surface area contributed by atoms with Crippen LogP contribution in [0.25, 0.3) is 0 Å². The van der Waals surface area contributed by atoms with E-state index in [4.69, 9.17) is 11.5 Å². The van der Waals surface area contributed by atoms with Crippen molar-refractivity contribution in [3.63, 3.8) is 0 Å². The van der Waals surface area contributed by atoms with Crippen molar-refractivity contribution in [2.24, 2.45) is 17.4 Å². The van der Waals surface area contributed by atoms with Gasteiger partial charge in [-0.1, -0.05) is 13.8 Å². The molecule has 5 unspecified atom stereocenters. The van der Waals surface area contributed by atoms with Gasteiger partial charge in [-0.3, -0.25) is 19.2 Å². The second-order valence-electron chi connectivity index (χ2n) is 8.21. The standard InChI is InChI=1S/C20H37N5O7S/c1-10(2)9-14(24-17(28)12(21)7-8-33-4)19(30)23-13(5-6-15(22)27)18(29)25-16(11(3)26)20(31)32/h10-14,16,26H,5-9,21H2,1-4H3,(H2,22,27)(H,23,30)(H,24,28)(H,25,29)(H,31,32). The predicted molar refractivity (Wildman–Crippen MR) is 124 cm³/mol. The van der Waals surface area contributed by atoms with Crippen LogP contribution in [0.5, 0.6) is 0 Å². The fraction of sp³-hybridized carbons (Fsp3) is 0.750. The largest absolute Gasteiger partial charge is 0.480 e. The first-order valence-corrected chi connectivity index (χ1v) is 12.0. The van der Waals surface area contributed by atoms with Crippen molar-refractivity contribution in [2.45, 2.75) is 76.7 Å². The summed E-state index contributed by atoms with van der Waals surface area (Å²) in [7, 11) is 0. The van der Waals surface area contributed by atoms with Gasteiger partial charge in [0.25, 0.3) is 0 Å². The number of carbonyl (C=O) groups excluding carboxylic acids is 4. The third-order valence-electron chi connectivity index (χ3n) is 4.67. The molecule has 9 N–H and O–H groups in total. The maximum absolute atomic E-state index is 12.9. The van der Waals surface area contributed by atoms with Crippen LogP contribution in [0.3, 0.4) is 0 Å². The maximum atomic E-state index is 12.9. The van der Waals surface area contributed by atoms with Crippen LogP contribution in [0.2, 0.25) is 0 Å². The van der Waals surface area contributed by atoms with E-state index in [1.165, 1.54) is 18.7 Å². The van der Waals surface area contributed by atoms with Crippen molar-refractivity contribution in [3.05, 3.63) is 0 Å². The van der Waals surface area contributed by atoms with E-state index in [1.54, 1.807) is 0 Å². The molecule has 0 bridgehead atoms. The number of carbonyl (C=O) groups is 5. The summed E-state index contributed by atoms with van der Waals surface area (Å²) in [4.78, 5) is 60.5. The zero-order valence-electron chi connectivity index (χ0n) is 19.5. The molecule has 0 fully saturated rings. The average Bonchev–Trinajstić information content (AvgIpc) is 2.71. The number of carboxylic acid groups (broad SMARTS) is 1. The van der Waals surface area contributed by atoms with Gasteiger partial charge in [-0.15, -0.1) is 0 Å². The normalized spacial score (nSPS) is 15.6. The first-order valence-electron chi connectivity index (χ1n) is 10.6. The molecule has 13 heteroatoms. The lowest BCUT2D eigenvalue weighted by molar-refractivity contribution is -0.145. The monoisotopic (exact) mass is 491 g/mol. The number of thioether (sulfide) groups is 1. The average molecular weight is 492 g/mol. The summed E-state index contributed by atoms with van der Waals surface area (Å²) < 4.78 is 0. The Morgan fingerprint density at radius 3 is 1.91 bits per heavy atom. The quantitative estimate of drug-likeness (QED) is 0.131. The van der Waals surface area contributed by atoms with Crippen molar-refractivity contribution >= 4 is 41.4 Å². The van der Waals surface area contributed by atoms with E-state index in [1.807, 2.05) is 20.1 Å². The summed E-state index contributed by atoms with van der Waals surface area (Å²) in [5, 5.41) is 26.0. The Labute approximate surface area is 198 Å². The third kappa shape index (κ3) is 12.4. The molecule has 0 heterocycles. The molecule has 0 aromatic heterocycles. The van der Waals surface area contributed by atoms with Crippen LogP contribution < -0.4 is 27.4 Å². The lowest BCUT2D eigenvalue weighted by Gasteiger charge is -2.26. The predicted octanol–water partition coefficient (Wildman–Crippen LogP) is -1.70. The van der Waals surface area contributed by atoms with Gasteiger partial charge in [0.2, 0.25) is 23.6 Å². The SMILES string of the molecule is CSCCC(N)C(=O)NC(CC(C)C)C(=O)NC(CCC(N)=O)C(=O)NC(C(=O)O)C(C)O. The molecule has 0 aliphatic heterocycles. The van der Waals surface area contributed by atoms with Crippen molar-refractivity contribution in [3.8, 4) is 0 Å². The number of nitrogens with two attached hydrogens (primary N) is 2. The molecule has 190 valence electrons. The van der Waals surface area contributed by atoms with Crippen molar-refractivity contribution in [1.29, 1.82) is 0 Å². The van der Waals surface area contributed by atoms with Crippen LogP contribution >= 0.6 is 11.8 Å². The Bertz CT molecular complexity index is 690. The van der Waals surface area contributed by atoms with E-state index in [2.05, 4.69) is 16.0 Å². The molecule has 0 aromatic rings. The molecule has 0 aliphatic carbocycles. The molecule has 0 aliphatic rings. The van der Waals surface area contributed by atoms with Crippen molar-refractivity contribution < 1.29 is 34.2 Å². The van der Waals surface area contributed by atoms with Crippen LogP contribution in [-0.4, -0.2) is 82.1 Å². The van der Waals surface area contributed by atoms with Crippen molar-refractivity contribution in [2.75, 3.05) is 12.0 Å². The van der Waals surface area contributed by atoms with Gasteiger partial charge in [0.1, 0.15) is 12.1 Å². The van der Waals surface area contributed by atoms with E-state index in [9.17, 15) is 34.2 Å². The van der Waals surface area contributed by atoms with Gasteiger partial charge >= 0.3 is 5.97 Å². The smallest absolute Gasteiger partial charge is 0.328 e. The number of aliphatic carboxylic acids is 1. The lowest BCUT2D eigenvalue weighted by atomic mass is 10.0. The number of primary amides is 1. The van der Waals surface area contributed by atoms with Gasteiger partial charge in [-0.25, -0.2) is 4.79 Å². The number of carboxylic acids is 1. The lowest BCUT2D eigenvalue weighted by Crippen LogP contribution is -2.58. The van der Waals surface area contributed by atoms with E-state index in [-0.39, 0.29) is 25.2 Å². The Hall–Kier alpha value is -2.38. The van der Waals surface area contributed by atoms with E-state index in [0.29, 0.717) is 12.2 Å². The summed E-state index contributed by atoms with van der Waals surface area (Å²) in [6.45, 7) is 4.87. The third-order valence-corrected chi connectivity index (χ3v) is 5.31. The molecule has 4 amide bonds. The topological polar surface area (TPSA) is 214 Å². The molecule has 0 radical (unpaired) electrons. The first kappa shape index (κ1) is 30.6.